The lowest BCUT2D eigenvalue weighted by Crippen LogP contribution is -2.33. The molecule has 114 valence electrons. The second-order valence-corrected chi connectivity index (χ2v) is 5.14. The molecule has 0 aliphatic heterocycles. The second-order valence-electron chi connectivity index (χ2n) is 5.14. The number of carbonyl (C=O) groups is 1. The van der Waals surface area contributed by atoms with Crippen molar-refractivity contribution in [2.24, 2.45) is 0 Å². The van der Waals surface area contributed by atoms with Crippen LogP contribution in [0.2, 0.25) is 0 Å². The van der Waals surface area contributed by atoms with Gasteiger partial charge >= 0.3 is 0 Å². The number of fused-ring (bicyclic) bond motifs is 3. The zero-order chi connectivity index (χ0) is 15.7. The molecule has 0 saturated heterocycles. The Hall–Kier alpha value is -2.63. The molecule has 0 radical (unpaired) electrons. The minimum absolute atomic E-state index is 0.125. The predicted octanol–water partition coefficient (Wildman–Crippen LogP) is 1.92. The average Bonchev–Trinajstić information content (AvgIpc) is 2.99. The van der Waals surface area contributed by atoms with E-state index in [1.54, 1.807) is 28.8 Å². The molecule has 0 bridgehead atoms. The first kappa shape index (κ1) is 14.3. The zero-order valence-electron chi connectivity index (χ0n) is 12.2. The van der Waals surface area contributed by atoms with E-state index in [2.05, 4.69) is 5.32 Å². The third-order valence-electron chi connectivity index (χ3n) is 3.57. The standard InChI is InChI=1S/C16H16FN3O2/c1-2-7-18-15(21)10-20-14-9-11(17)5-6-12(14)19-8-3-4-13(19)16(20)22/h3-6,8-9H,2,7,10H2,1H3,(H,18,21). The van der Waals surface area contributed by atoms with Crippen molar-refractivity contribution in [1.82, 2.24) is 14.3 Å². The number of hydrogen-bond acceptors (Lipinski definition) is 2. The molecule has 1 N–H and O–H groups in total. The molecule has 0 aliphatic rings. The highest BCUT2D eigenvalue weighted by Crippen LogP contribution is 2.16. The van der Waals surface area contributed by atoms with Crippen molar-refractivity contribution in [3.8, 4) is 0 Å². The largest absolute Gasteiger partial charge is 0.355 e. The van der Waals surface area contributed by atoms with Crippen LogP contribution in [0.5, 0.6) is 0 Å². The molecule has 0 spiro atoms. The van der Waals surface area contributed by atoms with Crippen LogP contribution < -0.4 is 10.9 Å². The SMILES string of the molecule is CCCNC(=O)Cn1c(=O)c2cccn2c2ccc(F)cc21. The summed E-state index contributed by atoms with van der Waals surface area (Å²) in [6.07, 6.45) is 2.56. The summed E-state index contributed by atoms with van der Waals surface area (Å²) in [5.41, 5.74) is 1.24. The van der Waals surface area contributed by atoms with E-state index in [0.717, 1.165) is 6.42 Å². The highest BCUT2D eigenvalue weighted by molar-refractivity contribution is 5.82. The quantitative estimate of drug-likeness (QED) is 0.800. The van der Waals surface area contributed by atoms with Gasteiger partial charge in [-0.15, -0.1) is 0 Å². The summed E-state index contributed by atoms with van der Waals surface area (Å²) in [6, 6.07) is 7.67. The molecule has 2 heterocycles. The fraction of sp³-hybridized carbons (Fsp3) is 0.250. The zero-order valence-corrected chi connectivity index (χ0v) is 12.2. The van der Waals surface area contributed by atoms with E-state index in [1.807, 2.05) is 6.92 Å². The molecule has 22 heavy (non-hydrogen) atoms. The van der Waals surface area contributed by atoms with Crippen LogP contribution in [0, 0.1) is 5.82 Å². The summed E-state index contributed by atoms with van der Waals surface area (Å²) in [6.45, 7) is 2.37. The van der Waals surface area contributed by atoms with Gasteiger partial charge in [-0.3, -0.25) is 14.2 Å². The number of benzene rings is 1. The lowest BCUT2D eigenvalue weighted by atomic mass is 10.2. The minimum Gasteiger partial charge on any atom is -0.355 e. The first-order valence-electron chi connectivity index (χ1n) is 7.17. The first-order valence-corrected chi connectivity index (χ1v) is 7.17. The Balaban J connectivity index is 2.21. The summed E-state index contributed by atoms with van der Waals surface area (Å²) >= 11 is 0. The highest BCUT2D eigenvalue weighted by Gasteiger charge is 2.13. The summed E-state index contributed by atoms with van der Waals surface area (Å²) in [5.74, 6) is -0.702. The van der Waals surface area contributed by atoms with Crippen LogP contribution in [0.1, 0.15) is 13.3 Å². The van der Waals surface area contributed by atoms with Crippen LogP contribution in [0.3, 0.4) is 0 Å². The van der Waals surface area contributed by atoms with Crippen molar-refractivity contribution < 1.29 is 9.18 Å². The van der Waals surface area contributed by atoms with Crippen molar-refractivity contribution in [3.05, 3.63) is 52.7 Å². The molecular formula is C16H16FN3O2. The normalized spacial score (nSPS) is 11.2. The number of halogens is 1. The van der Waals surface area contributed by atoms with Crippen LogP contribution in [0.15, 0.2) is 41.3 Å². The van der Waals surface area contributed by atoms with Crippen molar-refractivity contribution in [2.45, 2.75) is 19.9 Å². The monoisotopic (exact) mass is 301 g/mol. The van der Waals surface area contributed by atoms with Gasteiger partial charge in [-0.2, -0.15) is 0 Å². The lowest BCUT2D eigenvalue weighted by Gasteiger charge is -2.12. The Morgan fingerprint density at radius 1 is 1.23 bits per heavy atom. The molecule has 0 saturated carbocycles. The van der Waals surface area contributed by atoms with E-state index < -0.39 is 5.82 Å². The summed E-state index contributed by atoms with van der Waals surface area (Å²) in [5, 5.41) is 2.73. The maximum atomic E-state index is 13.6. The summed E-state index contributed by atoms with van der Waals surface area (Å²) in [7, 11) is 0. The van der Waals surface area contributed by atoms with Crippen molar-refractivity contribution in [2.75, 3.05) is 6.54 Å². The first-order chi connectivity index (χ1) is 10.6. The van der Waals surface area contributed by atoms with Gasteiger partial charge in [0.1, 0.15) is 17.9 Å². The van der Waals surface area contributed by atoms with Crippen LogP contribution in [0.25, 0.3) is 16.6 Å². The van der Waals surface area contributed by atoms with Gasteiger partial charge in [0.15, 0.2) is 0 Å². The van der Waals surface area contributed by atoms with Gasteiger partial charge < -0.3 is 9.72 Å². The van der Waals surface area contributed by atoms with Gasteiger partial charge in [-0.05, 0) is 36.8 Å². The van der Waals surface area contributed by atoms with Crippen LogP contribution >= 0.6 is 0 Å². The molecule has 1 aromatic carbocycles. The third-order valence-corrected chi connectivity index (χ3v) is 3.57. The number of carbonyl (C=O) groups excluding carboxylic acids is 1. The molecule has 3 rings (SSSR count). The number of nitrogens with one attached hydrogen (secondary N) is 1. The van der Waals surface area contributed by atoms with E-state index in [4.69, 9.17) is 0 Å². The van der Waals surface area contributed by atoms with E-state index in [-0.39, 0.29) is 18.0 Å². The van der Waals surface area contributed by atoms with Gasteiger partial charge in [0.05, 0.1) is 11.0 Å². The van der Waals surface area contributed by atoms with Crippen molar-refractivity contribution >= 4 is 22.5 Å². The highest BCUT2D eigenvalue weighted by atomic mass is 19.1. The average molecular weight is 301 g/mol. The number of amides is 1. The number of aromatic nitrogens is 2. The molecule has 0 atom stereocenters. The Labute approximate surface area is 126 Å². The number of rotatable bonds is 4. The topological polar surface area (TPSA) is 55.5 Å². The van der Waals surface area contributed by atoms with Crippen molar-refractivity contribution in [3.63, 3.8) is 0 Å². The molecule has 6 heteroatoms. The van der Waals surface area contributed by atoms with Crippen molar-refractivity contribution in [1.29, 1.82) is 0 Å². The van der Waals surface area contributed by atoms with E-state index >= 15 is 0 Å². The maximum absolute atomic E-state index is 13.6. The van der Waals surface area contributed by atoms with Gasteiger partial charge in [0, 0.05) is 12.7 Å². The smallest absolute Gasteiger partial charge is 0.275 e. The Morgan fingerprint density at radius 3 is 2.82 bits per heavy atom. The van der Waals surface area contributed by atoms with Gasteiger partial charge in [0.2, 0.25) is 5.91 Å². The lowest BCUT2D eigenvalue weighted by molar-refractivity contribution is -0.121. The number of hydrogen-bond donors (Lipinski definition) is 1. The maximum Gasteiger partial charge on any atom is 0.275 e. The molecule has 0 aliphatic carbocycles. The van der Waals surface area contributed by atoms with Crippen LogP contribution in [-0.2, 0) is 11.3 Å². The van der Waals surface area contributed by atoms with Crippen LogP contribution in [-0.4, -0.2) is 21.4 Å². The Bertz CT molecular complexity index is 911. The van der Waals surface area contributed by atoms with E-state index in [0.29, 0.717) is 23.1 Å². The van der Waals surface area contributed by atoms with E-state index in [1.165, 1.54) is 16.7 Å². The number of nitrogens with zero attached hydrogens (tertiary/aromatic N) is 2. The third kappa shape index (κ3) is 2.36. The van der Waals surface area contributed by atoms with Gasteiger partial charge in [-0.25, -0.2) is 4.39 Å². The fourth-order valence-corrected chi connectivity index (χ4v) is 2.55. The summed E-state index contributed by atoms with van der Waals surface area (Å²) in [4.78, 5) is 24.5. The van der Waals surface area contributed by atoms with Crippen LogP contribution in [0.4, 0.5) is 4.39 Å². The Morgan fingerprint density at radius 2 is 2.05 bits per heavy atom. The summed E-state index contributed by atoms with van der Waals surface area (Å²) < 4.78 is 16.6. The predicted molar refractivity (Wildman–Crippen MR) is 82.4 cm³/mol. The van der Waals surface area contributed by atoms with Gasteiger partial charge in [0.25, 0.3) is 5.56 Å². The molecule has 0 unspecified atom stereocenters. The molecular weight excluding hydrogens is 285 g/mol. The van der Waals surface area contributed by atoms with E-state index in [9.17, 15) is 14.0 Å². The molecule has 1 amide bonds. The second kappa shape index (κ2) is 5.63. The Kier molecular flexibility index (Phi) is 3.66. The minimum atomic E-state index is -0.443. The molecule has 0 fully saturated rings. The molecule has 2 aromatic heterocycles. The molecule has 3 aromatic rings. The molecule has 5 nitrogen and oxygen atoms in total. The van der Waals surface area contributed by atoms with Gasteiger partial charge in [-0.1, -0.05) is 6.92 Å². The fourth-order valence-electron chi connectivity index (χ4n) is 2.55.